The second-order valence-corrected chi connectivity index (χ2v) is 2.62. The molecule has 78 valence electrons. The Morgan fingerprint density at radius 1 is 1.31 bits per heavy atom. The molecule has 0 saturated heterocycles. The molecule has 0 amide bonds. The lowest BCUT2D eigenvalue weighted by molar-refractivity contribution is -0.384. The summed E-state index contributed by atoms with van der Waals surface area (Å²) in [6.07, 6.45) is 0. The predicted octanol–water partition coefficient (Wildman–Crippen LogP) is 2.09. The van der Waals surface area contributed by atoms with Gasteiger partial charge in [-0.05, 0) is 6.07 Å². The van der Waals surface area contributed by atoms with Crippen LogP contribution in [0, 0.1) is 32.8 Å². The summed E-state index contributed by atoms with van der Waals surface area (Å²) in [6.45, 7) is 0. The second kappa shape index (κ2) is 5.17. The van der Waals surface area contributed by atoms with Crippen LogP contribution in [0.3, 0.4) is 0 Å². The molecule has 1 rings (SSSR count). The topological polar surface area (TPSA) is 115 Å². The largest absolute Gasteiger partial charge is 0.296 e. The van der Waals surface area contributed by atoms with Crippen LogP contribution in [0.2, 0.25) is 0 Å². The molecule has 0 atom stereocenters. The van der Waals surface area contributed by atoms with Crippen molar-refractivity contribution in [3.63, 3.8) is 0 Å². The molecule has 7 nitrogen and oxygen atoms in total. The van der Waals surface area contributed by atoms with Gasteiger partial charge < -0.3 is 0 Å². The van der Waals surface area contributed by atoms with E-state index in [1.54, 1.807) is 18.2 Å². The zero-order valence-electron chi connectivity index (χ0n) is 7.94. The van der Waals surface area contributed by atoms with Crippen molar-refractivity contribution in [2.24, 2.45) is 10.2 Å². The number of nitro groups is 1. The van der Waals surface area contributed by atoms with E-state index in [0.717, 1.165) is 0 Å². The fourth-order valence-electron chi connectivity index (χ4n) is 0.904. The lowest BCUT2D eigenvalue weighted by Crippen LogP contribution is -1.93. The Kier molecular flexibility index (Phi) is 3.65. The van der Waals surface area contributed by atoms with E-state index >= 15 is 0 Å². The highest BCUT2D eigenvalue weighted by atomic mass is 16.6. The van der Waals surface area contributed by atoms with Crippen LogP contribution >= 0.6 is 0 Å². The number of para-hydroxylation sites is 1. The molecule has 0 unspecified atom stereocenters. The molecular weight excluding hydrogens is 210 g/mol. The minimum atomic E-state index is -1.25. The molecule has 0 aliphatic carbocycles. The van der Waals surface area contributed by atoms with Gasteiger partial charge in [0.25, 0.3) is 5.69 Å². The highest BCUT2D eigenvalue weighted by molar-refractivity contribution is 5.56. The van der Waals surface area contributed by atoms with E-state index in [4.69, 9.17) is 10.5 Å². The van der Waals surface area contributed by atoms with Crippen LogP contribution in [-0.2, 0) is 0 Å². The SMILES string of the molecule is N#CC(C#N)N=Nc1ccccc1[N+](=O)[O-]. The fraction of sp³-hybridized carbons (Fsp3) is 0.111. The minimum absolute atomic E-state index is 0.0167. The van der Waals surface area contributed by atoms with Crippen molar-refractivity contribution >= 4 is 11.4 Å². The molecule has 0 radical (unpaired) electrons. The normalized spacial score (nSPS) is 9.94. The van der Waals surface area contributed by atoms with E-state index in [1.807, 2.05) is 0 Å². The monoisotopic (exact) mass is 215 g/mol. The fourth-order valence-corrected chi connectivity index (χ4v) is 0.904. The first-order valence-corrected chi connectivity index (χ1v) is 4.12. The van der Waals surface area contributed by atoms with Crippen molar-refractivity contribution in [3.8, 4) is 12.1 Å². The van der Waals surface area contributed by atoms with Gasteiger partial charge in [-0.15, -0.1) is 5.11 Å². The quantitative estimate of drug-likeness (QED) is 0.436. The summed E-state index contributed by atoms with van der Waals surface area (Å²) in [5.41, 5.74) is -0.205. The summed E-state index contributed by atoms with van der Waals surface area (Å²) < 4.78 is 0. The molecule has 0 heterocycles. The summed E-state index contributed by atoms with van der Waals surface area (Å²) in [7, 11) is 0. The van der Waals surface area contributed by atoms with Crippen molar-refractivity contribution in [1.29, 1.82) is 10.5 Å². The highest BCUT2D eigenvalue weighted by Crippen LogP contribution is 2.26. The van der Waals surface area contributed by atoms with Crippen LogP contribution in [0.4, 0.5) is 11.4 Å². The van der Waals surface area contributed by atoms with Gasteiger partial charge in [-0.25, -0.2) is 0 Å². The maximum Gasteiger partial charge on any atom is 0.296 e. The smallest absolute Gasteiger partial charge is 0.258 e. The van der Waals surface area contributed by atoms with Crippen molar-refractivity contribution in [1.82, 2.24) is 0 Å². The van der Waals surface area contributed by atoms with E-state index in [0.29, 0.717) is 0 Å². The van der Waals surface area contributed by atoms with Gasteiger partial charge in [0, 0.05) is 6.07 Å². The van der Waals surface area contributed by atoms with Crippen LogP contribution in [0.25, 0.3) is 0 Å². The molecule has 0 aliphatic heterocycles. The number of nitriles is 2. The molecule has 7 heteroatoms. The third kappa shape index (κ3) is 2.59. The van der Waals surface area contributed by atoms with Crippen LogP contribution in [0.5, 0.6) is 0 Å². The van der Waals surface area contributed by atoms with Gasteiger partial charge in [0.2, 0.25) is 6.04 Å². The lowest BCUT2D eigenvalue weighted by Gasteiger charge is -1.94. The first kappa shape index (κ1) is 11.3. The predicted molar refractivity (Wildman–Crippen MR) is 52.6 cm³/mol. The van der Waals surface area contributed by atoms with Gasteiger partial charge in [-0.2, -0.15) is 15.6 Å². The number of azo groups is 1. The Balaban J connectivity index is 3.03. The summed E-state index contributed by atoms with van der Waals surface area (Å²) >= 11 is 0. The number of nitro benzene ring substituents is 1. The molecule has 1 aromatic carbocycles. The number of hydrogen-bond acceptors (Lipinski definition) is 6. The zero-order valence-corrected chi connectivity index (χ0v) is 7.94. The number of benzene rings is 1. The molecule has 0 aliphatic rings. The Hall–Kier alpha value is -2.80. The Labute approximate surface area is 90.4 Å². The number of nitrogens with zero attached hydrogens (tertiary/aromatic N) is 5. The second-order valence-electron chi connectivity index (χ2n) is 2.62. The summed E-state index contributed by atoms with van der Waals surface area (Å²) in [5.74, 6) is 0. The van der Waals surface area contributed by atoms with Crippen molar-refractivity contribution in [2.45, 2.75) is 6.04 Å². The zero-order chi connectivity index (χ0) is 12.0. The van der Waals surface area contributed by atoms with E-state index in [9.17, 15) is 10.1 Å². The van der Waals surface area contributed by atoms with Gasteiger partial charge in [0.05, 0.1) is 4.92 Å². The van der Waals surface area contributed by atoms with Gasteiger partial charge in [-0.1, -0.05) is 12.1 Å². The first-order valence-electron chi connectivity index (χ1n) is 4.12. The summed E-state index contributed by atoms with van der Waals surface area (Å²) in [5, 5.41) is 34.3. The molecule has 0 fully saturated rings. The average molecular weight is 215 g/mol. The van der Waals surface area contributed by atoms with Crippen LogP contribution in [0.1, 0.15) is 0 Å². The molecule has 0 N–H and O–H groups in total. The van der Waals surface area contributed by atoms with Gasteiger partial charge >= 0.3 is 0 Å². The van der Waals surface area contributed by atoms with Crippen LogP contribution < -0.4 is 0 Å². The molecule has 16 heavy (non-hydrogen) atoms. The molecular formula is C9H5N5O2. The average Bonchev–Trinajstić information content (AvgIpc) is 2.30. The highest BCUT2D eigenvalue weighted by Gasteiger charge is 2.12. The van der Waals surface area contributed by atoms with E-state index in [-0.39, 0.29) is 11.4 Å². The molecule has 0 spiro atoms. The molecule has 0 saturated carbocycles. The molecule has 1 aromatic rings. The number of rotatable bonds is 3. The third-order valence-corrected chi connectivity index (χ3v) is 1.60. The van der Waals surface area contributed by atoms with Gasteiger partial charge in [0.15, 0.2) is 5.69 Å². The van der Waals surface area contributed by atoms with Crippen LogP contribution in [0.15, 0.2) is 34.5 Å². The minimum Gasteiger partial charge on any atom is -0.258 e. The van der Waals surface area contributed by atoms with Gasteiger partial charge in [-0.3, -0.25) is 10.1 Å². The first-order chi connectivity index (χ1) is 7.69. The van der Waals surface area contributed by atoms with Crippen molar-refractivity contribution in [2.75, 3.05) is 0 Å². The summed E-state index contributed by atoms with van der Waals surface area (Å²) in [4.78, 5) is 9.97. The Bertz CT molecular complexity index is 497. The standard InChI is InChI=1S/C9H5N5O2/c10-5-7(6-11)12-13-8-3-1-2-4-9(8)14(15)16/h1-4,7H. The van der Waals surface area contributed by atoms with E-state index in [2.05, 4.69) is 10.2 Å². The van der Waals surface area contributed by atoms with E-state index < -0.39 is 11.0 Å². The lowest BCUT2D eigenvalue weighted by atomic mass is 10.3. The Morgan fingerprint density at radius 2 is 1.94 bits per heavy atom. The Morgan fingerprint density at radius 3 is 2.50 bits per heavy atom. The number of hydrogen-bond donors (Lipinski definition) is 0. The third-order valence-electron chi connectivity index (χ3n) is 1.60. The summed E-state index contributed by atoms with van der Waals surface area (Å²) in [6, 6.07) is 7.60. The molecule has 0 bridgehead atoms. The van der Waals surface area contributed by atoms with Crippen molar-refractivity contribution < 1.29 is 4.92 Å². The maximum atomic E-state index is 10.6. The van der Waals surface area contributed by atoms with Gasteiger partial charge in [0.1, 0.15) is 12.1 Å². The maximum absolute atomic E-state index is 10.6. The van der Waals surface area contributed by atoms with E-state index in [1.165, 1.54) is 18.2 Å². The van der Waals surface area contributed by atoms with Crippen molar-refractivity contribution in [3.05, 3.63) is 34.4 Å². The molecule has 0 aromatic heterocycles. The van der Waals surface area contributed by atoms with Crippen LogP contribution in [-0.4, -0.2) is 11.0 Å².